The van der Waals surface area contributed by atoms with Gasteiger partial charge in [0.1, 0.15) is 0 Å². The fourth-order valence-electron chi connectivity index (χ4n) is 2.26. The van der Waals surface area contributed by atoms with Gasteiger partial charge in [-0.25, -0.2) is 4.39 Å². The molecule has 0 saturated carbocycles. The molecule has 1 heterocycles. The third-order valence-electron chi connectivity index (χ3n) is 3.13. The summed E-state index contributed by atoms with van der Waals surface area (Å²) in [6.45, 7) is 2.22. The molecule has 3 rings (SSSR count). The number of benzene rings is 2. The number of hydrogen-bond acceptors (Lipinski definition) is 2. The molecule has 0 amide bonds. The highest BCUT2D eigenvalue weighted by Crippen LogP contribution is 2.28. The second-order valence-corrected chi connectivity index (χ2v) is 5.24. The van der Waals surface area contributed by atoms with Crippen LogP contribution in [0, 0.1) is 10.6 Å². The van der Waals surface area contributed by atoms with Crippen LogP contribution >= 0.6 is 23.8 Å². The number of hydrogen-bond donors (Lipinski definition) is 1. The van der Waals surface area contributed by atoms with E-state index in [4.69, 9.17) is 28.6 Å². The van der Waals surface area contributed by atoms with E-state index in [1.54, 1.807) is 22.8 Å². The normalized spacial score (nSPS) is 11.0. The highest BCUT2D eigenvalue weighted by atomic mass is 35.5. The number of nitrogens with zero attached hydrogens (tertiary/aromatic N) is 1. The zero-order valence-electron chi connectivity index (χ0n) is 11.2. The van der Waals surface area contributed by atoms with Crippen molar-refractivity contribution in [3.63, 3.8) is 0 Å². The van der Waals surface area contributed by atoms with Gasteiger partial charge in [0.15, 0.2) is 16.3 Å². The van der Waals surface area contributed by atoms with Crippen molar-refractivity contribution in [3.05, 3.63) is 52.0 Å². The minimum absolute atomic E-state index is 0.221. The quantitative estimate of drug-likeness (QED) is 0.696. The summed E-state index contributed by atoms with van der Waals surface area (Å²) in [4.78, 5) is 3.07. The van der Waals surface area contributed by atoms with Gasteiger partial charge in [0.2, 0.25) is 0 Å². The lowest BCUT2D eigenvalue weighted by molar-refractivity contribution is 0.321. The molecule has 21 heavy (non-hydrogen) atoms. The Kier molecular flexibility index (Phi) is 3.69. The van der Waals surface area contributed by atoms with Crippen LogP contribution in [-0.4, -0.2) is 16.2 Å². The molecule has 0 spiro atoms. The SMILES string of the molecule is CCOc1ccc(-n2c(=S)[nH]c3cccc(Cl)c32)cc1F. The van der Waals surface area contributed by atoms with Gasteiger partial charge in [-0.1, -0.05) is 17.7 Å². The standard InChI is InChI=1S/C15H12ClFN2OS/c1-2-20-13-7-6-9(8-11(13)17)19-14-10(16)4-3-5-12(14)18-15(19)21/h3-8H,2H2,1H3,(H,18,21). The first kappa shape index (κ1) is 14.1. The minimum atomic E-state index is -0.433. The molecular formula is C15H12ClFN2OS. The first-order chi connectivity index (χ1) is 10.1. The molecule has 3 aromatic rings. The molecule has 1 N–H and O–H groups in total. The number of fused-ring (bicyclic) bond motifs is 1. The summed E-state index contributed by atoms with van der Waals surface area (Å²) in [5.41, 5.74) is 2.13. The molecule has 2 aromatic carbocycles. The van der Waals surface area contributed by atoms with Crippen LogP contribution in [-0.2, 0) is 0 Å². The lowest BCUT2D eigenvalue weighted by atomic mass is 10.2. The van der Waals surface area contributed by atoms with E-state index >= 15 is 0 Å². The number of halogens is 2. The molecule has 108 valence electrons. The summed E-state index contributed by atoms with van der Waals surface area (Å²) in [6, 6.07) is 10.2. The van der Waals surface area contributed by atoms with Crippen molar-refractivity contribution in [3.8, 4) is 11.4 Å². The lowest BCUT2D eigenvalue weighted by Gasteiger charge is -2.09. The van der Waals surface area contributed by atoms with Gasteiger partial charge in [0, 0.05) is 6.07 Å². The van der Waals surface area contributed by atoms with E-state index in [0.29, 0.717) is 22.1 Å². The van der Waals surface area contributed by atoms with E-state index in [1.165, 1.54) is 6.07 Å². The predicted molar refractivity (Wildman–Crippen MR) is 84.6 cm³/mol. The number of aromatic nitrogens is 2. The molecular weight excluding hydrogens is 311 g/mol. The number of nitrogens with one attached hydrogen (secondary N) is 1. The Balaban J connectivity index is 2.23. The number of rotatable bonds is 3. The van der Waals surface area contributed by atoms with E-state index in [2.05, 4.69) is 4.98 Å². The van der Waals surface area contributed by atoms with Gasteiger partial charge in [-0.15, -0.1) is 0 Å². The maximum atomic E-state index is 14.0. The number of ether oxygens (including phenoxy) is 1. The third-order valence-corrected chi connectivity index (χ3v) is 3.72. The number of H-pyrrole nitrogens is 1. The molecule has 0 aliphatic rings. The molecule has 3 nitrogen and oxygen atoms in total. The van der Waals surface area contributed by atoms with Gasteiger partial charge >= 0.3 is 0 Å². The summed E-state index contributed by atoms with van der Waals surface area (Å²) < 4.78 is 21.4. The van der Waals surface area contributed by atoms with Crippen LogP contribution in [0.1, 0.15) is 6.92 Å². The van der Waals surface area contributed by atoms with E-state index in [1.807, 2.05) is 19.1 Å². The van der Waals surface area contributed by atoms with Crippen LogP contribution in [0.15, 0.2) is 36.4 Å². The molecule has 0 aliphatic carbocycles. The average Bonchev–Trinajstić information content (AvgIpc) is 2.79. The van der Waals surface area contributed by atoms with Crippen molar-refractivity contribution in [1.29, 1.82) is 0 Å². The summed E-state index contributed by atoms with van der Waals surface area (Å²) in [5, 5.41) is 0.550. The van der Waals surface area contributed by atoms with Gasteiger partial charge < -0.3 is 9.72 Å². The lowest BCUT2D eigenvalue weighted by Crippen LogP contribution is -1.99. The van der Waals surface area contributed by atoms with Crippen LogP contribution in [0.2, 0.25) is 5.02 Å². The van der Waals surface area contributed by atoms with Crippen molar-refractivity contribution in [1.82, 2.24) is 9.55 Å². The highest BCUT2D eigenvalue weighted by molar-refractivity contribution is 7.71. The van der Waals surface area contributed by atoms with Crippen LogP contribution < -0.4 is 4.74 Å². The largest absolute Gasteiger partial charge is 0.491 e. The predicted octanol–water partition coefficient (Wildman–Crippen LogP) is 4.88. The topological polar surface area (TPSA) is 29.9 Å². The highest BCUT2D eigenvalue weighted by Gasteiger charge is 2.12. The fourth-order valence-corrected chi connectivity index (χ4v) is 2.83. The Morgan fingerprint density at radius 1 is 1.33 bits per heavy atom. The Morgan fingerprint density at radius 2 is 2.14 bits per heavy atom. The van der Waals surface area contributed by atoms with Gasteiger partial charge in [0.25, 0.3) is 0 Å². The summed E-state index contributed by atoms with van der Waals surface area (Å²) in [6.07, 6.45) is 0. The van der Waals surface area contributed by atoms with E-state index in [-0.39, 0.29) is 5.75 Å². The molecule has 0 atom stereocenters. The number of para-hydroxylation sites is 1. The third kappa shape index (κ3) is 2.43. The van der Waals surface area contributed by atoms with Gasteiger partial charge in [-0.3, -0.25) is 4.57 Å². The summed E-state index contributed by atoms with van der Waals surface area (Å²) >= 11 is 11.6. The summed E-state index contributed by atoms with van der Waals surface area (Å²) in [5.74, 6) is -0.212. The van der Waals surface area contributed by atoms with Crippen LogP contribution in [0.4, 0.5) is 4.39 Å². The smallest absolute Gasteiger partial charge is 0.182 e. The van der Waals surface area contributed by atoms with Gasteiger partial charge in [-0.05, 0) is 43.4 Å². The molecule has 0 aliphatic heterocycles. The van der Waals surface area contributed by atoms with Crippen molar-refractivity contribution >= 4 is 34.9 Å². The molecule has 0 unspecified atom stereocenters. The first-order valence-electron chi connectivity index (χ1n) is 6.43. The second-order valence-electron chi connectivity index (χ2n) is 4.45. The maximum Gasteiger partial charge on any atom is 0.182 e. The fraction of sp³-hybridized carbons (Fsp3) is 0.133. The Labute approximate surface area is 130 Å². The molecule has 6 heteroatoms. The van der Waals surface area contributed by atoms with Crippen LogP contribution in [0.5, 0.6) is 5.75 Å². The Bertz CT molecular complexity index is 872. The van der Waals surface area contributed by atoms with Gasteiger partial charge in [-0.2, -0.15) is 0 Å². The zero-order valence-corrected chi connectivity index (χ0v) is 12.8. The van der Waals surface area contributed by atoms with E-state index < -0.39 is 5.82 Å². The van der Waals surface area contributed by atoms with Crippen LogP contribution in [0.3, 0.4) is 0 Å². The minimum Gasteiger partial charge on any atom is -0.491 e. The molecule has 0 bridgehead atoms. The van der Waals surface area contributed by atoms with Crippen molar-refractivity contribution in [2.75, 3.05) is 6.61 Å². The first-order valence-corrected chi connectivity index (χ1v) is 7.22. The monoisotopic (exact) mass is 322 g/mol. The Morgan fingerprint density at radius 3 is 2.86 bits per heavy atom. The zero-order chi connectivity index (χ0) is 15.0. The van der Waals surface area contributed by atoms with Crippen LogP contribution in [0.25, 0.3) is 16.7 Å². The second kappa shape index (κ2) is 5.50. The molecule has 1 aromatic heterocycles. The molecule has 0 radical (unpaired) electrons. The Hall–Kier alpha value is -1.85. The van der Waals surface area contributed by atoms with Crippen molar-refractivity contribution in [2.45, 2.75) is 6.92 Å². The number of aromatic amines is 1. The average molecular weight is 323 g/mol. The number of imidazole rings is 1. The summed E-state index contributed by atoms with van der Waals surface area (Å²) in [7, 11) is 0. The van der Waals surface area contributed by atoms with Crippen molar-refractivity contribution in [2.24, 2.45) is 0 Å². The van der Waals surface area contributed by atoms with Gasteiger partial charge in [0.05, 0.1) is 28.4 Å². The van der Waals surface area contributed by atoms with E-state index in [0.717, 1.165) is 11.0 Å². The van der Waals surface area contributed by atoms with Crippen molar-refractivity contribution < 1.29 is 9.13 Å². The molecule has 0 saturated heterocycles. The van der Waals surface area contributed by atoms with E-state index in [9.17, 15) is 4.39 Å². The molecule has 0 fully saturated rings. The maximum absolute atomic E-state index is 14.0.